The lowest BCUT2D eigenvalue weighted by molar-refractivity contribution is 0.0800. The van der Waals surface area contributed by atoms with Crippen molar-refractivity contribution in [2.24, 2.45) is 0 Å². The highest BCUT2D eigenvalue weighted by molar-refractivity contribution is 7.98. The fraction of sp³-hybridized carbons (Fsp3) is 0.429. The minimum absolute atomic E-state index is 0.0961. The van der Waals surface area contributed by atoms with E-state index >= 15 is 0 Å². The predicted octanol–water partition coefficient (Wildman–Crippen LogP) is 1.42. The molecule has 0 saturated carbocycles. The molecule has 0 spiro atoms. The molecule has 2 N–H and O–H groups in total. The molecule has 1 aromatic heterocycles. The highest BCUT2D eigenvalue weighted by Crippen LogP contribution is 2.25. The smallest absolute Gasteiger partial charge is 0.272 e. The lowest BCUT2D eigenvalue weighted by atomic mass is 10.6. The summed E-state index contributed by atoms with van der Waals surface area (Å²) in [5.74, 6) is 0.325. The molecule has 0 aromatic carbocycles. The summed E-state index contributed by atoms with van der Waals surface area (Å²) in [4.78, 5) is 7.48. The monoisotopic (exact) mass is 221 g/mol. The molecule has 4 nitrogen and oxygen atoms in total. The van der Waals surface area contributed by atoms with Crippen LogP contribution in [0.1, 0.15) is 0 Å². The van der Waals surface area contributed by atoms with Crippen molar-refractivity contribution in [3.8, 4) is 5.75 Å². The van der Waals surface area contributed by atoms with Crippen LogP contribution < -0.4 is 10.5 Å². The number of hydrogen-bond acceptors (Lipinski definition) is 5. The Bertz CT molecular complexity index is 311. The van der Waals surface area contributed by atoms with Crippen LogP contribution in [0.5, 0.6) is 5.75 Å². The zero-order valence-corrected chi connectivity index (χ0v) is 8.22. The fourth-order valence-electron chi connectivity index (χ4n) is 0.766. The van der Waals surface area contributed by atoms with Crippen molar-refractivity contribution in [2.75, 3.05) is 18.6 Å². The van der Waals surface area contributed by atoms with Gasteiger partial charge in [-0.25, -0.2) is 18.7 Å². The number of hydrogen-bond donors (Lipinski definition) is 1. The van der Waals surface area contributed by atoms with Crippen LogP contribution in [0.25, 0.3) is 0 Å². The molecule has 14 heavy (non-hydrogen) atoms. The maximum atomic E-state index is 11.8. The van der Waals surface area contributed by atoms with E-state index in [2.05, 4.69) is 9.97 Å². The Labute approximate surface area is 83.9 Å². The van der Waals surface area contributed by atoms with E-state index in [0.29, 0.717) is 5.03 Å². The summed E-state index contributed by atoms with van der Waals surface area (Å²) in [7, 11) is 0. The van der Waals surface area contributed by atoms with Crippen LogP contribution in [0.2, 0.25) is 0 Å². The number of halogens is 2. The van der Waals surface area contributed by atoms with E-state index in [4.69, 9.17) is 10.5 Å². The van der Waals surface area contributed by atoms with Gasteiger partial charge in [0, 0.05) is 0 Å². The second kappa shape index (κ2) is 4.94. The minimum Gasteiger partial charge on any atom is -0.483 e. The Morgan fingerprint density at radius 3 is 2.93 bits per heavy atom. The molecule has 1 rings (SSSR count). The zero-order chi connectivity index (χ0) is 10.6. The second-order valence-corrected chi connectivity index (χ2v) is 3.10. The summed E-state index contributed by atoms with van der Waals surface area (Å²) < 4.78 is 28.5. The second-order valence-electron chi connectivity index (χ2n) is 2.30. The third kappa shape index (κ3) is 2.99. The Morgan fingerprint density at radius 2 is 2.36 bits per heavy atom. The van der Waals surface area contributed by atoms with Gasteiger partial charge in [-0.15, -0.1) is 11.8 Å². The van der Waals surface area contributed by atoms with E-state index in [1.54, 1.807) is 6.26 Å². The lowest BCUT2D eigenvalue weighted by Gasteiger charge is -2.07. The van der Waals surface area contributed by atoms with E-state index in [1.807, 2.05) is 0 Å². The van der Waals surface area contributed by atoms with Gasteiger partial charge in [0.2, 0.25) is 5.95 Å². The number of ether oxygens (including phenoxy) is 1. The topological polar surface area (TPSA) is 61.0 Å². The van der Waals surface area contributed by atoms with E-state index in [9.17, 15) is 8.78 Å². The van der Waals surface area contributed by atoms with Gasteiger partial charge in [0.25, 0.3) is 6.43 Å². The molecule has 0 aliphatic heterocycles. The first kappa shape index (κ1) is 11.0. The summed E-state index contributed by atoms with van der Waals surface area (Å²) in [5, 5.41) is 0.457. The van der Waals surface area contributed by atoms with E-state index in [1.165, 1.54) is 18.0 Å². The van der Waals surface area contributed by atoms with Crippen molar-refractivity contribution in [2.45, 2.75) is 11.5 Å². The van der Waals surface area contributed by atoms with Crippen molar-refractivity contribution >= 4 is 17.7 Å². The molecule has 1 heterocycles. The number of alkyl halides is 2. The van der Waals surface area contributed by atoms with Gasteiger partial charge in [0.1, 0.15) is 11.6 Å². The van der Waals surface area contributed by atoms with E-state index in [-0.39, 0.29) is 11.7 Å². The summed E-state index contributed by atoms with van der Waals surface area (Å²) in [6.45, 7) is -0.666. The van der Waals surface area contributed by atoms with Gasteiger partial charge < -0.3 is 10.5 Å². The first-order chi connectivity index (χ1) is 6.63. The Hall–Kier alpha value is -1.11. The molecule has 0 radical (unpaired) electrons. The number of rotatable bonds is 4. The molecule has 0 unspecified atom stereocenters. The number of thioether (sulfide) groups is 1. The molecule has 1 aromatic rings. The normalized spacial score (nSPS) is 10.6. The first-order valence-corrected chi connectivity index (χ1v) is 4.93. The molecule has 78 valence electrons. The Kier molecular flexibility index (Phi) is 3.87. The van der Waals surface area contributed by atoms with Crippen LogP contribution >= 0.6 is 11.8 Å². The van der Waals surface area contributed by atoms with E-state index in [0.717, 1.165) is 0 Å². The Morgan fingerprint density at radius 1 is 1.64 bits per heavy atom. The summed E-state index contributed by atoms with van der Waals surface area (Å²) >= 11 is 1.26. The van der Waals surface area contributed by atoms with Gasteiger partial charge in [0.05, 0.1) is 6.20 Å². The summed E-state index contributed by atoms with van der Waals surface area (Å²) in [6.07, 6.45) is 0.523. The molecule has 0 bridgehead atoms. The fourth-order valence-corrected chi connectivity index (χ4v) is 1.26. The minimum atomic E-state index is -2.51. The van der Waals surface area contributed by atoms with E-state index < -0.39 is 13.0 Å². The number of nitrogens with two attached hydrogens (primary N) is 1. The molecule has 0 saturated heterocycles. The van der Waals surface area contributed by atoms with Crippen molar-refractivity contribution in [1.29, 1.82) is 0 Å². The van der Waals surface area contributed by atoms with Gasteiger partial charge in [-0.3, -0.25) is 0 Å². The van der Waals surface area contributed by atoms with Crippen LogP contribution in [-0.2, 0) is 0 Å². The van der Waals surface area contributed by atoms with Crippen molar-refractivity contribution in [1.82, 2.24) is 9.97 Å². The number of anilines is 1. The molecule has 0 atom stereocenters. The number of nitrogens with zero attached hydrogens (tertiary/aromatic N) is 2. The molecule has 7 heteroatoms. The highest BCUT2D eigenvalue weighted by Gasteiger charge is 2.09. The van der Waals surface area contributed by atoms with Crippen molar-refractivity contribution in [3.63, 3.8) is 0 Å². The average molecular weight is 221 g/mol. The SMILES string of the molecule is CSc1nc(N)ncc1OCC(F)F. The molecular weight excluding hydrogens is 212 g/mol. The number of nitrogen functional groups attached to an aromatic ring is 1. The molecule has 0 aliphatic carbocycles. The number of aromatic nitrogens is 2. The average Bonchev–Trinajstić information content (AvgIpc) is 2.15. The highest BCUT2D eigenvalue weighted by atomic mass is 32.2. The van der Waals surface area contributed by atoms with Gasteiger partial charge in [-0.05, 0) is 6.26 Å². The van der Waals surface area contributed by atoms with Crippen molar-refractivity contribution < 1.29 is 13.5 Å². The third-order valence-electron chi connectivity index (χ3n) is 1.30. The van der Waals surface area contributed by atoms with Crippen LogP contribution in [0.3, 0.4) is 0 Å². The summed E-state index contributed by atoms with van der Waals surface area (Å²) in [6, 6.07) is 0. The molecule has 0 fully saturated rings. The standard InChI is InChI=1S/C7H9F2N3OS/c1-14-6-4(13-3-5(8)9)2-11-7(10)12-6/h2,5H,3H2,1H3,(H2,10,11,12). The maximum Gasteiger partial charge on any atom is 0.272 e. The molecule has 0 aliphatic rings. The van der Waals surface area contributed by atoms with Crippen LogP contribution in [-0.4, -0.2) is 29.3 Å². The third-order valence-corrected chi connectivity index (χ3v) is 1.98. The van der Waals surface area contributed by atoms with Crippen LogP contribution in [0.15, 0.2) is 11.2 Å². The van der Waals surface area contributed by atoms with Crippen LogP contribution in [0.4, 0.5) is 14.7 Å². The molecule has 0 amide bonds. The van der Waals surface area contributed by atoms with Crippen molar-refractivity contribution in [3.05, 3.63) is 6.20 Å². The maximum absolute atomic E-state index is 11.8. The predicted molar refractivity (Wildman–Crippen MR) is 49.7 cm³/mol. The van der Waals surface area contributed by atoms with Gasteiger partial charge in [0.15, 0.2) is 5.75 Å². The first-order valence-electron chi connectivity index (χ1n) is 3.71. The van der Waals surface area contributed by atoms with Gasteiger partial charge in [-0.2, -0.15) is 0 Å². The van der Waals surface area contributed by atoms with Crippen LogP contribution in [0, 0.1) is 0 Å². The quantitative estimate of drug-likeness (QED) is 0.615. The Balaban J connectivity index is 2.75. The summed E-state index contributed by atoms with van der Waals surface area (Å²) in [5.41, 5.74) is 5.32. The lowest BCUT2D eigenvalue weighted by Crippen LogP contribution is -2.09. The largest absolute Gasteiger partial charge is 0.483 e. The zero-order valence-electron chi connectivity index (χ0n) is 7.41. The van der Waals surface area contributed by atoms with Gasteiger partial charge >= 0.3 is 0 Å². The van der Waals surface area contributed by atoms with Gasteiger partial charge in [-0.1, -0.05) is 0 Å². The molecular formula is C7H9F2N3OS.